The lowest BCUT2D eigenvalue weighted by atomic mass is 10.0. The largest absolute Gasteiger partial charge is 0.480 e. The zero-order chi connectivity index (χ0) is 62.7. The van der Waals surface area contributed by atoms with Crippen molar-refractivity contribution in [2.24, 2.45) is 5.92 Å². The molecule has 0 amide bonds. The average Bonchev–Trinajstić information content (AvgIpc) is 3.46. The Morgan fingerprint density at radius 2 is 0.707 bits per heavy atom. The Labute approximate surface area is 502 Å². The van der Waals surface area contributed by atoms with E-state index in [4.69, 9.17) is 28.8 Å². The predicted octanol–water partition coefficient (Wildman–Crippen LogP) is 15.8. The lowest BCUT2D eigenvalue weighted by Gasteiger charge is -2.21. The molecule has 0 fully saturated rings. The van der Waals surface area contributed by atoms with Crippen molar-refractivity contribution < 1.29 is 67.1 Å². The van der Waals surface area contributed by atoms with Crippen molar-refractivity contribution in [2.75, 3.05) is 72.3 Å². The van der Waals surface area contributed by atoms with E-state index in [1.807, 2.05) is 33.8 Å². The van der Waals surface area contributed by atoms with E-state index in [9.17, 15) is 33.6 Å². The molecule has 0 aliphatic heterocycles. The minimum absolute atomic E-state index is 0.154. The molecule has 2 unspecified atom stereocenters. The monoisotopic (exact) mass is 1170 g/mol. The van der Waals surface area contributed by atoms with Crippen LogP contribution in [0.4, 0.5) is 0 Å². The third-order valence-corrected chi connectivity index (χ3v) is 12.7. The Bertz CT molecular complexity index is 1410. The number of carbonyl (C=O) groups excluding carboxylic acids is 6. The van der Waals surface area contributed by atoms with Crippen molar-refractivity contribution in [1.82, 2.24) is 9.80 Å². The minimum atomic E-state index is -1.10. The van der Waals surface area contributed by atoms with Crippen LogP contribution in [0.5, 0.6) is 0 Å². The molecule has 2 atom stereocenters. The number of esters is 6. The van der Waals surface area contributed by atoms with Crippen LogP contribution in [0.3, 0.4) is 0 Å². The summed E-state index contributed by atoms with van der Waals surface area (Å²) in [7, 11) is 0. The molecule has 1 N–H and O–H groups in total. The van der Waals surface area contributed by atoms with Crippen LogP contribution in [0.25, 0.3) is 0 Å². The van der Waals surface area contributed by atoms with Crippen LogP contribution in [-0.4, -0.2) is 135 Å². The Balaban J connectivity index is -0.000000408. The van der Waals surface area contributed by atoms with Gasteiger partial charge in [0.1, 0.15) is 6.10 Å². The molecule has 486 valence electrons. The van der Waals surface area contributed by atoms with E-state index in [1.54, 1.807) is 0 Å². The van der Waals surface area contributed by atoms with Gasteiger partial charge >= 0.3 is 41.8 Å². The second kappa shape index (κ2) is 71.2. The Morgan fingerprint density at radius 1 is 0.390 bits per heavy atom. The zero-order valence-corrected chi connectivity index (χ0v) is 55.2. The van der Waals surface area contributed by atoms with Crippen LogP contribution in [0.1, 0.15) is 289 Å². The fourth-order valence-electron chi connectivity index (χ4n) is 7.44. The average molecular weight is 1170 g/mol. The summed E-state index contributed by atoms with van der Waals surface area (Å²) in [5.41, 5.74) is 0. The highest BCUT2D eigenvalue weighted by atomic mass is 16.6. The molecule has 0 aliphatic carbocycles. The first-order valence-corrected chi connectivity index (χ1v) is 32.8. The minimum Gasteiger partial charge on any atom is -0.480 e. The molecule has 0 aromatic heterocycles. The molecule has 0 radical (unpaired) electrons. The Hall–Kier alpha value is -4.05. The van der Waals surface area contributed by atoms with Crippen molar-refractivity contribution in [2.45, 2.75) is 295 Å². The maximum atomic E-state index is 12.7. The van der Waals surface area contributed by atoms with Crippen LogP contribution in [0.2, 0.25) is 0 Å². The number of unbranched alkanes of at least 4 members (excludes halogenated alkanes) is 21. The summed E-state index contributed by atoms with van der Waals surface area (Å²) >= 11 is 0. The van der Waals surface area contributed by atoms with Gasteiger partial charge in [0.25, 0.3) is 0 Å². The topological polar surface area (TPSA) is 202 Å². The number of hydrogen-bond donors (Lipinski definition) is 1. The molecule has 16 heteroatoms. The van der Waals surface area contributed by atoms with Gasteiger partial charge in [-0.05, 0) is 63.4 Å². The van der Waals surface area contributed by atoms with Gasteiger partial charge in [-0.25, -0.2) is 0 Å². The first-order chi connectivity index (χ1) is 39.5. The molecule has 0 bridgehead atoms. The first kappa shape index (κ1) is 86.7. The van der Waals surface area contributed by atoms with E-state index >= 15 is 0 Å². The van der Waals surface area contributed by atoms with E-state index in [2.05, 4.69) is 66.2 Å². The second-order valence-electron chi connectivity index (χ2n) is 20.9. The molecule has 0 spiro atoms. The van der Waals surface area contributed by atoms with Gasteiger partial charge in [-0.15, -0.1) is 0 Å². The van der Waals surface area contributed by atoms with E-state index in [0.717, 1.165) is 103 Å². The van der Waals surface area contributed by atoms with Crippen molar-refractivity contribution >= 4 is 41.8 Å². The first-order valence-electron chi connectivity index (χ1n) is 32.8. The zero-order valence-electron chi connectivity index (χ0n) is 55.2. The number of carbonyl (C=O) groups is 7. The third kappa shape index (κ3) is 74.0. The molecule has 16 nitrogen and oxygen atoms in total. The molecular formula is C66H128N2O14. The van der Waals surface area contributed by atoms with Gasteiger partial charge in [0, 0.05) is 6.92 Å². The van der Waals surface area contributed by atoms with Crippen LogP contribution >= 0.6 is 0 Å². The fourth-order valence-corrected chi connectivity index (χ4v) is 7.44. The predicted molar refractivity (Wildman–Crippen MR) is 335 cm³/mol. The van der Waals surface area contributed by atoms with E-state index < -0.39 is 42.4 Å². The number of ether oxygens (including phenoxy) is 6. The van der Waals surface area contributed by atoms with Gasteiger partial charge in [0.05, 0.1) is 72.3 Å². The summed E-state index contributed by atoms with van der Waals surface area (Å²) in [6, 6.07) is 0. The van der Waals surface area contributed by atoms with Gasteiger partial charge in [-0.1, -0.05) is 237 Å². The number of hydrogen-bond acceptors (Lipinski definition) is 15. The van der Waals surface area contributed by atoms with Gasteiger partial charge in [0.2, 0.25) is 0 Å². The van der Waals surface area contributed by atoms with E-state index in [-0.39, 0.29) is 44.8 Å². The summed E-state index contributed by atoms with van der Waals surface area (Å²) < 4.78 is 31.3. The van der Waals surface area contributed by atoms with Gasteiger partial charge in [0.15, 0.2) is 0 Å². The van der Waals surface area contributed by atoms with Crippen LogP contribution in [0.15, 0.2) is 12.2 Å². The molecule has 0 heterocycles. The number of allylic oxidation sites excluding steroid dienone is 1. The Kier molecular flexibility index (Phi) is 75.3. The third-order valence-electron chi connectivity index (χ3n) is 12.7. The maximum Gasteiger partial charge on any atom is 0.320 e. The van der Waals surface area contributed by atoms with Crippen molar-refractivity contribution in [1.29, 1.82) is 0 Å². The molecule has 0 aromatic carbocycles. The summed E-state index contributed by atoms with van der Waals surface area (Å²) in [4.78, 5) is 85.3. The highest BCUT2D eigenvalue weighted by Gasteiger charge is 2.22. The molecule has 0 rings (SSSR count). The quantitative estimate of drug-likeness (QED) is 0.0261. The van der Waals surface area contributed by atoms with Crippen molar-refractivity contribution in [3.05, 3.63) is 12.2 Å². The van der Waals surface area contributed by atoms with Gasteiger partial charge in [-0.2, -0.15) is 0 Å². The summed E-state index contributed by atoms with van der Waals surface area (Å²) in [5.74, 6) is -3.00. The molecule has 0 aromatic rings. The number of carboxylic acids is 1. The summed E-state index contributed by atoms with van der Waals surface area (Å²) in [6.07, 6.45) is 37.4. The number of nitrogens with zero attached hydrogens (tertiary/aromatic N) is 2. The van der Waals surface area contributed by atoms with Crippen molar-refractivity contribution in [3.8, 4) is 0 Å². The highest BCUT2D eigenvalue weighted by Crippen LogP contribution is 2.12. The lowest BCUT2D eigenvalue weighted by Crippen LogP contribution is -2.40. The summed E-state index contributed by atoms with van der Waals surface area (Å²) in [6.45, 7) is 27.4. The number of rotatable bonds is 50. The van der Waals surface area contributed by atoms with Gasteiger partial charge < -0.3 is 33.5 Å². The Morgan fingerprint density at radius 3 is 0.976 bits per heavy atom. The molecule has 0 saturated heterocycles. The van der Waals surface area contributed by atoms with Gasteiger partial charge in [-0.3, -0.25) is 43.4 Å². The smallest absolute Gasteiger partial charge is 0.320 e. The fraction of sp³-hybridized carbons (Fsp3) is 0.864. The standard InChI is InChI=1S/C33H61NO6.C22H41NO6.C5H10O2.C4H10.C2H6/c1-6-10-12-14-16-20-24-38-31(35)26-34(27-32(36)39-25-21-17-15-13-11-7-2)28-33(37)40-30(9-4)23-19-18-22-29(5)8-3;1-3-5-7-9-11-13-15-28-21(26)18-23(17-20(24)25)19-22(27)29-16-14-12-10-8-6-4-2;1-3-4-7-5(2)6;1-3-4-2;1-2/h19,23,29-30H,6-18,20-22,24-28H2,1-5H3;3-19H2,1-2H3,(H,24,25);3-4H2,1-2H3;3-4H2,1-2H3;1-2H3/b23-19-;;;;. The van der Waals surface area contributed by atoms with Crippen LogP contribution in [0, 0.1) is 5.92 Å². The molecule has 0 saturated carbocycles. The SMILES string of the molecule is CC.CCCC.CCCCCCCCOC(=O)CN(CC(=O)O)CC(=O)OCCCCCCCC.CCCCCCCCOC(=O)CN(CC(=O)OCCCCCCCC)CC(=O)OC(/C=C\CCC(C)CC)CC.CCCOC(C)=O. The van der Waals surface area contributed by atoms with Crippen LogP contribution < -0.4 is 0 Å². The number of carboxylic acid groups (broad SMARTS) is 1. The van der Waals surface area contributed by atoms with Crippen molar-refractivity contribution in [3.63, 3.8) is 0 Å². The summed E-state index contributed by atoms with van der Waals surface area (Å²) in [5, 5.41) is 9.00. The normalized spacial score (nSPS) is 11.3. The van der Waals surface area contributed by atoms with E-state index in [0.29, 0.717) is 45.4 Å². The van der Waals surface area contributed by atoms with E-state index in [1.165, 1.54) is 107 Å². The lowest BCUT2D eigenvalue weighted by molar-refractivity contribution is -0.155. The van der Waals surface area contributed by atoms with Crippen LogP contribution in [-0.2, 0) is 62.0 Å². The number of aliphatic carboxylic acids is 1. The molecule has 82 heavy (non-hydrogen) atoms. The highest BCUT2D eigenvalue weighted by molar-refractivity contribution is 5.79. The molecular weight excluding hydrogens is 1040 g/mol. The second-order valence-corrected chi connectivity index (χ2v) is 20.9. The maximum absolute atomic E-state index is 12.7. The molecule has 0 aliphatic rings.